The lowest BCUT2D eigenvalue weighted by atomic mass is 9.79. The number of carbonyl (C=O) groups is 3. The quantitative estimate of drug-likeness (QED) is 0.147. The predicted octanol–water partition coefficient (Wildman–Crippen LogP) is 7.16. The molecule has 0 radical (unpaired) electrons. The zero-order valence-electron chi connectivity index (χ0n) is 24.3. The van der Waals surface area contributed by atoms with Crippen molar-refractivity contribution in [2.24, 2.45) is 10.8 Å². The second-order valence-corrected chi connectivity index (χ2v) is 12.1. The Balaban J connectivity index is 1.96. The first kappa shape index (κ1) is 30.0. The van der Waals surface area contributed by atoms with Gasteiger partial charge in [0.2, 0.25) is 5.78 Å². The minimum atomic E-state index is -1.01. The van der Waals surface area contributed by atoms with Crippen LogP contribution in [0.15, 0.2) is 67.0 Å². The first-order chi connectivity index (χ1) is 19.3. The summed E-state index contributed by atoms with van der Waals surface area (Å²) in [5, 5.41) is 0.503. The Morgan fingerprint density at radius 2 is 1.68 bits per heavy atom. The highest BCUT2D eigenvalue weighted by atomic mass is 35.5. The van der Waals surface area contributed by atoms with E-state index in [1.54, 1.807) is 74.0 Å². The molecule has 41 heavy (non-hydrogen) atoms. The lowest BCUT2D eigenvalue weighted by Crippen LogP contribution is -2.31. The van der Waals surface area contributed by atoms with E-state index in [0.717, 1.165) is 5.69 Å². The van der Waals surface area contributed by atoms with Gasteiger partial charge >= 0.3 is 5.97 Å². The maximum Gasteiger partial charge on any atom is 0.311 e. The first-order valence-corrected chi connectivity index (χ1v) is 13.9. The second-order valence-electron chi connectivity index (χ2n) is 11.6. The third-order valence-electron chi connectivity index (χ3n) is 6.80. The van der Waals surface area contributed by atoms with E-state index >= 15 is 0 Å². The summed E-state index contributed by atoms with van der Waals surface area (Å²) in [7, 11) is 0. The molecule has 0 aliphatic carbocycles. The molecule has 0 N–H and O–H groups in total. The summed E-state index contributed by atoms with van der Waals surface area (Å²) < 4.78 is 13.1. The largest absolute Gasteiger partial charge is 0.487 e. The minimum absolute atomic E-state index is 0.115. The summed E-state index contributed by atoms with van der Waals surface area (Å²) in [6, 6.07) is 15.7. The van der Waals surface area contributed by atoms with Crippen LogP contribution in [0.5, 0.6) is 5.75 Å². The van der Waals surface area contributed by atoms with Gasteiger partial charge < -0.3 is 13.9 Å². The first-order valence-electron chi connectivity index (χ1n) is 13.6. The van der Waals surface area contributed by atoms with Gasteiger partial charge in [-0.05, 0) is 75.2 Å². The molecule has 0 atom stereocenters. The molecular weight excluding hydrogens is 540 g/mol. The number of fused-ring (bicyclic) bond motifs is 1. The van der Waals surface area contributed by atoms with Crippen LogP contribution < -0.4 is 4.74 Å². The number of halogens is 1. The highest BCUT2D eigenvalue weighted by Crippen LogP contribution is 2.37. The smallest absolute Gasteiger partial charge is 0.311 e. The number of ketones is 2. The Morgan fingerprint density at radius 3 is 2.29 bits per heavy atom. The average Bonchev–Trinajstić information content (AvgIpc) is 3.23. The summed E-state index contributed by atoms with van der Waals surface area (Å²) in [4.78, 5) is 45.5. The molecule has 0 aliphatic heterocycles. The van der Waals surface area contributed by atoms with Crippen LogP contribution in [0, 0.1) is 10.8 Å². The number of carbonyl (C=O) groups excluding carboxylic acids is 3. The number of Topliss-reactive ketones (excluding diaryl/α,β-unsaturated/α-hetero) is 1. The highest BCUT2D eigenvalue weighted by Gasteiger charge is 2.38. The number of nitrogens with zero attached hydrogens (tertiary/aromatic N) is 2. The fraction of sp³-hybridized carbons (Fsp3) is 0.333. The zero-order chi connectivity index (χ0) is 29.9. The molecule has 0 saturated heterocycles. The van der Waals surface area contributed by atoms with Crippen LogP contribution in [0.1, 0.15) is 79.2 Å². The minimum Gasteiger partial charge on any atom is -0.487 e. The number of aromatic nitrogens is 2. The van der Waals surface area contributed by atoms with Gasteiger partial charge in [0.25, 0.3) is 0 Å². The molecule has 0 aliphatic rings. The Bertz CT molecular complexity index is 1580. The van der Waals surface area contributed by atoms with E-state index in [4.69, 9.17) is 21.1 Å². The molecule has 1 aromatic carbocycles. The Hall–Kier alpha value is -3.97. The molecule has 4 aromatic rings. The lowest BCUT2D eigenvalue weighted by Gasteiger charge is -2.24. The van der Waals surface area contributed by atoms with Crippen molar-refractivity contribution in [1.29, 1.82) is 0 Å². The highest BCUT2D eigenvalue weighted by molar-refractivity contribution is 6.30. The average molecular weight is 575 g/mol. The van der Waals surface area contributed by atoms with Crippen molar-refractivity contribution in [3.63, 3.8) is 0 Å². The van der Waals surface area contributed by atoms with Crippen LogP contribution in [0.25, 0.3) is 5.52 Å². The third kappa shape index (κ3) is 6.51. The van der Waals surface area contributed by atoms with E-state index < -0.39 is 16.8 Å². The molecule has 7 nitrogen and oxygen atoms in total. The number of benzene rings is 1. The summed E-state index contributed by atoms with van der Waals surface area (Å²) in [5.74, 6) is -0.331. The zero-order valence-corrected chi connectivity index (χ0v) is 25.0. The van der Waals surface area contributed by atoms with Gasteiger partial charge in [-0.15, -0.1) is 0 Å². The Kier molecular flexibility index (Phi) is 8.69. The van der Waals surface area contributed by atoms with Crippen molar-refractivity contribution >= 4 is 34.7 Å². The number of hydrogen-bond donors (Lipinski definition) is 0. The summed E-state index contributed by atoms with van der Waals surface area (Å²) in [5.41, 5.74) is 1.09. The molecule has 0 spiro atoms. The topological polar surface area (TPSA) is 87.0 Å². The van der Waals surface area contributed by atoms with E-state index in [-0.39, 0.29) is 31.2 Å². The molecule has 0 bridgehead atoms. The summed E-state index contributed by atoms with van der Waals surface area (Å²) in [6.45, 7) is 11.2. The molecule has 0 amide bonds. The van der Waals surface area contributed by atoms with Gasteiger partial charge in [0.05, 0.1) is 28.9 Å². The SMILES string of the molecule is CCOC(=O)C(C)(C)Cc1c(C(=O)C(C)(C)C)c2cc(OCc3ccccn3)ccn2c1C(=O)c1ccc(Cl)cc1. The number of hydrogen-bond acceptors (Lipinski definition) is 6. The molecule has 3 aromatic heterocycles. The maximum atomic E-state index is 14.1. The van der Waals surface area contributed by atoms with Gasteiger partial charge in [0.15, 0.2) is 5.78 Å². The van der Waals surface area contributed by atoms with E-state index in [1.165, 1.54) is 0 Å². The monoisotopic (exact) mass is 574 g/mol. The van der Waals surface area contributed by atoms with E-state index in [0.29, 0.717) is 38.7 Å². The standard InChI is InChI=1S/C33H35ClN2O5/c1-7-40-31(39)33(5,6)19-25-27(30(38)32(2,3)4)26-18-24(41-20-23-10-8-9-16-35-23)15-17-36(26)28(25)29(37)21-11-13-22(34)14-12-21/h8-18H,7,19-20H2,1-6H3. The summed E-state index contributed by atoms with van der Waals surface area (Å²) in [6.07, 6.45) is 3.54. The van der Waals surface area contributed by atoms with Gasteiger partial charge in [0, 0.05) is 40.0 Å². The third-order valence-corrected chi connectivity index (χ3v) is 7.05. The molecule has 0 saturated carbocycles. The molecule has 0 fully saturated rings. The van der Waals surface area contributed by atoms with Gasteiger partial charge in [-0.1, -0.05) is 38.4 Å². The number of ether oxygens (including phenoxy) is 2. The van der Waals surface area contributed by atoms with Gasteiger partial charge in [0.1, 0.15) is 12.4 Å². The molecule has 8 heteroatoms. The number of esters is 1. The Morgan fingerprint density at radius 1 is 0.976 bits per heavy atom. The predicted molar refractivity (Wildman–Crippen MR) is 159 cm³/mol. The van der Waals surface area contributed by atoms with Crippen molar-refractivity contribution in [2.45, 2.75) is 54.6 Å². The van der Waals surface area contributed by atoms with Crippen LogP contribution in [0.4, 0.5) is 0 Å². The maximum absolute atomic E-state index is 14.1. The van der Waals surface area contributed by atoms with Crippen molar-refractivity contribution in [1.82, 2.24) is 9.38 Å². The fourth-order valence-corrected chi connectivity index (χ4v) is 4.77. The van der Waals surface area contributed by atoms with Crippen LogP contribution in [0.3, 0.4) is 0 Å². The van der Waals surface area contributed by atoms with Crippen LogP contribution >= 0.6 is 11.6 Å². The van der Waals surface area contributed by atoms with Gasteiger partial charge in [-0.2, -0.15) is 0 Å². The van der Waals surface area contributed by atoms with Gasteiger partial charge in [-0.3, -0.25) is 19.4 Å². The molecule has 3 heterocycles. The van der Waals surface area contributed by atoms with Gasteiger partial charge in [-0.25, -0.2) is 0 Å². The number of rotatable bonds is 10. The van der Waals surface area contributed by atoms with E-state index in [1.807, 2.05) is 39.0 Å². The summed E-state index contributed by atoms with van der Waals surface area (Å²) >= 11 is 6.10. The second kappa shape index (κ2) is 11.9. The molecular formula is C33H35ClN2O5. The van der Waals surface area contributed by atoms with E-state index in [9.17, 15) is 14.4 Å². The van der Waals surface area contributed by atoms with Crippen molar-refractivity contribution in [3.8, 4) is 5.75 Å². The molecule has 0 unspecified atom stereocenters. The van der Waals surface area contributed by atoms with Crippen molar-refractivity contribution < 1.29 is 23.9 Å². The lowest BCUT2D eigenvalue weighted by molar-refractivity contribution is -0.153. The van der Waals surface area contributed by atoms with Crippen molar-refractivity contribution in [3.05, 3.63) is 100 Å². The van der Waals surface area contributed by atoms with E-state index in [2.05, 4.69) is 4.98 Å². The fourth-order valence-electron chi connectivity index (χ4n) is 4.64. The normalized spacial score (nSPS) is 11.9. The van der Waals surface area contributed by atoms with Crippen LogP contribution in [-0.2, 0) is 22.6 Å². The molecule has 4 rings (SSSR count). The van der Waals surface area contributed by atoms with Crippen LogP contribution in [0.2, 0.25) is 5.02 Å². The Labute approximate surface area is 245 Å². The van der Waals surface area contributed by atoms with Crippen molar-refractivity contribution in [2.75, 3.05) is 6.61 Å². The number of pyridine rings is 2. The van der Waals surface area contributed by atoms with Crippen LogP contribution in [-0.4, -0.2) is 33.5 Å². The molecule has 214 valence electrons.